The summed E-state index contributed by atoms with van der Waals surface area (Å²) in [5.41, 5.74) is -0.296. The summed E-state index contributed by atoms with van der Waals surface area (Å²) in [6.45, 7) is 3.90. The van der Waals surface area contributed by atoms with Gasteiger partial charge in [-0.05, 0) is 43.9 Å². The number of hydrogen-bond donors (Lipinski definition) is 0. The van der Waals surface area contributed by atoms with Crippen molar-refractivity contribution in [3.8, 4) is 0 Å². The first-order valence-electron chi connectivity index (χ1n) is 7.71. The fourth-order valence-corrected chi connectivity index (χ4v) is 4.16. The van der Waals surface area contributed by atoms with Gasteiger partial charge in [0.1, 0.15) is 5.02 Å². The van der Waals surface area contributed by atoms with E-state index in [0.29, 0.717) is 12.7 Å². The van der Waals surface area contributed by atoms with Crippen molar-refractivity contribution in [2.75, 3.05) is 6.54 Å². The summed E-state index contributed by atoms with van der Waals surface area (Å²) in [4.78, 5) is 14.5. The molecule has 1 aliphatic carbocycles. The van der Waals surface area contributed by atoms with Crippen molar-refractivity contribution >= 4 is 23.2 Å². The SMILES string of the molecule is C[C@@H]1CC[C@@H]2[C@H](CCCN2Cn2ncc(Cl)c(Cl)c2=O)C1. The standard InChI is InChI=1S/C15H21Cl2N3O/c1-10-4-5-13-11(7-10)3-2-6-19(13)9-20-15(21)14(17)12(16)8-18-20/h8,10-11,13H,2-7,9H2,1H3/t10-,11-,13-/m1/s1. The van der Waals surface area contributed by atoms with Crippen LogP contribution in [0.25, 0.3) is 0 Å². The van der Waals surface area contributed by atoms with Gasteiger partial charge >= 0.3 is 0 Å². The lowest BCUT2D eigenvalue weighted by Gasteiger charge is -2.45. The highest BCUT2D eigenvalue weighted by Gasteiger charge is 2.35. The maximum absolute atomic E-state index is 12.1. The van der Waals surface area contributed by atoms with Crippen molar-refractivity contribution in [3.63, 3.8) is 0 Å². The molecule has 0 unspecified atom stereocenters. The van der Waals surface area contributed by atoms with E-state index in [1.54, 1.807) is 0 Å². The van der Waals surface area contributed by atoms with Crippen LogP contribution in [-0.2, 0) is 6.67 Å². The van der Waals surface area contributed by atoms with E-state index in [0.717, 1.165) is 18.4 Å². The normalized spacial score (nSPS) is 30.1. The maximum atomic E-state index is 12.1. The Bertz CT molecular complexity index is 575. The van der Waals surface area contributed by atoms with Crippen LogP contribution in [0, 0.1) is 11.8 Å². The first-order chi connectivity index (χ1) is 10.1. The zero-order valence-electron chi connectivity index (χ0n) is 12.3. The lowest BCUT2D eigenvalue weighted by Crippen LogP contribution is -2.49. The van der Waals surface area contributed by atoms with E-state index in [9.17, 15) is 4.79 Å². The Morgan fingerprint density at radius 1 is 1.33 bits per heavy atom. The van der Waals surface area contributed by atoms with Gasteiger partial charge in [0, 0.05) is 12.6 Å². The van der Waals surface area contributed by atoms with E-state index in [1.165, 1.54) is 43.0 Å². The highest BCUT2D eigenvalue weighted by Crippen LogP contribution is 2.37. The second-order valence-electron chi connectivity index (χ2n) is 6.45. The molecule has 0 aromatic carbocycles. The summed E-state index contributed by atoms with van der Waals surface area (Å²) in [6.07, 6.45) is 7.78. The molecule has 21 heavy (non-hydrogen) atoms. The number of piperidine rings is 1. The monoisotopic (exact) mass is 329 g/mol. The van der Waals surface area contributed by atoms with Crippen LogP contribution in [0.15, 0.2) is 11.0 Å². The third-order valence-corrected chi connectivity index (χ3v) is 5.70. The number of rotatable bonds is 2. The molecular weight excluding hydrogens is 309 g/mol. The number of aromatic nitrogens is 2. The van der Waals surface area contributed by atoms with Gasteiger partial charge < -0.3 is 0 Å². The van der Waals surface area contributed by atoms with Gasteiger partial charge in [0.2, 0.25) is 0 Å². The van der Waals surface area contributed by atoms with Gasteiger partial charge in [-0.2, -0.15) is 5.10 Å². The van der Waals surface area contributed by atoms with E-state index in [-0.39, 0.29) is 15.6 Å². The molecule has 0 spiro atoms. The maximum Gasteiger partial charge on any atom is 0.288 e. The minimum atomic E-state index is -0.296. The molecule has 1 aromatic rings. The van der Waals surface area contributed by atoms with Crippen LogP contribution in [0.4, 0.5) is 0 Å². The van der Waals surface area contributed by atoms with Gasteiger partial charge in [0.15, 0.2) is 0 Å². The number of likely N-dealkylation sites (tertiary alicyclic amines) is 1. The Morgan fingerprint density at radius 3 is 2.95 bits per heavy atom. The molecule has 4 nitrogen and oxygen atoms in total. The minimum absolute atomic E-state index is 0.0671. The first-order valence-corrected chi connectivity index (χ1v) is 8.47. The van der Waals surface area contributed by atoms with Crippen LogP contribution in [-0.4, -0.2) is 27.3 Å². The van der Waals surface area contributed by atoms with Crippen molar-refractivity contribution < 1.29 is 0 Å². The number of fused-ring (bicyclic) bond motifs is 1. The summed E-state index contributed by atoms with van der Waals surface area (Å²) >= 11 is 11.8. The Kier molecular flexibility index (Phi) is 4.57. The van der Waals surface area contributed by atoms with Gasteiger partial charge in [-0.3, -0.25) is 9.69 Å². The molecule has 0 radical (unpaired) electrons. The molecule has 1 aromatic heterocycles. The topological polar surface area (TPSA) is 38.1 Å². The smallest absolute Gasteiger partial charge is 0.281 e. The predicted molar refractivity (Wildman–Crippen MR) is 84.8 cm³/mol. The molecule has 0 bridgehead atoms. The highest BCUT2D eigenvalue weighted by molar-refractivity contribution is 6.41. The van der Waals surface area contributed by atoms with Gasteiger partial charge in [0.25, 0.3) is 5.56 Å². The van der Waals surface area contributed by atoms with Crippen LogP contribution in [0.1, 0.15) is 39.0 Å². The quantitative estimate of drug-likeness (QED) is 0.834. The van der Waals surface area contributed by atoms with Gasteiger partial charge in [-0.15, -0.1) is 0 Å². The summed E-state index contributed by atoms with van der Waals surface area (Å²) in [7, 11) is 0. The second kappa shape index (κ2) is 6.27. The fourth-order valence-electron chi connectivity index (χ4n) is 3.89. The second-order valence-corrected chi connectivity index (χ2v) is 7.24. The molecule has 3 atom stereocenters. The average Bonchev–Trinajstić information content (AvgIpc) is 2.48. The lowest BCUT2D eigenvalue weighted by molar-refractivity contribution is 0.0188. The molecule has 2 fully saturated rings. The van der Waals surface area contributed by atoms with Crippen molar-refractivity contribution in [2.45, 2.75) is 51.7 Å². The molecule has 116 valence electrons. The molecule has 0 N–H and O–H groups in total. The zero-order valence-corrected chi connectivity index (χ0v) is 13.8. The van der Waals surface area contributed by atoms with Gasteiger partial charge in [0.05, 0.1) is 17.9 Å². The molecule has 3 rings (SSSR count). The molecule has 0 amide bonds. The number of hydrogen-bond acceptors (Lipinski definition) is 3. The van der Waals surface area contributed by atoms with Crippen LogP contribution in [0.2, 0.25) is 10.0 Å². The third-order valence-electron chi connectivity index (χ3n) is 4.95. The predicted octanol–water partition coefficient (Wildman–Crippen LogP) is 3.41. The number of halogens is 2. The van der Waals surface area contributed by atoms with Gasteiger partial charge in [-0.25, -0.2) is 4.68 Å². The van der Waals surface area contributed by atoms with Crippen molar-refractivity contribution in [3.05, 3.63) is 26.6 Å². The average molecular weight is 330 g/mol. The summed E-state index contributed by atoms with van der Waals surface area (Å²) in [5, 5.41) is 4.42. The molecule has 2 heterocycles. The molecule has 1 saturated carbocycles. The van der Waals surface area contributed by atoms with Crippen molar-refractivity contribution in [1.82, 2.24) is 14.7 Å². The lowest BCUT2D eigenvalue weighted by atomic mass is 9.74. The van der Waals surface area contributed by atoms with Crippen LogP contribution >= 0.6 is 23.2 Å². The largest absolute Gasteiger partial charge is 0.288 e. The zero-order chi connectivity index (χ0) is 15.0. The van der Waals surface area contributed by atoms with Crippen LogP contribution in [0.3, 0.4) is 0 Å². The van der Waals surface area contributed by atoms with Crippen molar-refractivity contribution in [1.29, 1.82) is 0 Å². The third kappa shape index (κ3) is 3.13. The van der Waals surface area contributed by atoms with E-state index >= 15 is 0 Å². The van der Waals surface area contributed by atoms with Crippen LogP contribution < -0.4 is 5.56 Å². The van der Waals surface area contributed by atoms with E-state index in [1.807, 2.05) is 0 Å². The van der Waals surface area contributed by atoms with Crippen LogP contribution in [0.5, 0.6) is 0 Å². The first kappa shape index (κ1) is 15.3. The summed E-state index contributed by atoms with van der Waals surface area (Å²) in [5.74, 6) is 1.60. The highest BCUT2D eigenvalue weighted by atomic mass is 35.5. The van der Waals surface area contributed by atoms with E-state index in [4.69, 9.17) is 23.2 Å². The van der Waals surface area contributed by atoms with E-state index < -0.39 is 0 Å². The van der Waals surface area contributed by atoms with E-state index in [2.05, 4.69) is 16.9 Å². The van der Waals surface area contributed by atoms with Crippen molar-refractivity contribution in [2.24, 2.45) is 11.8 Å². The Balaban J connectivity index is 1.78. The molecule has 1 saturated heterocycles. The van der Waals surface area contributed by atoms with Gasteiger partial charge in [-0.1, -0.05) is 30.1 Å². The Labute approximate surface area is 135 Å². The minimum Gasteiger partial charge on any atom is -0.281 e. The number of nitrogens with zero attached hydrogens (tertiary/aromatic N) is 3. The summed E-state index contributed by atoms with van der Waals surface area (Å²) in [6, 6.07) is 0.582. The molecule has 2 aliphatic rings. The Hall–Kier alpha value is -0.580. The Morgan fingerprint density at radius 2 is 2.14 bits per heavy atom. The molecule has 6 heteroatoms. The molecule has 1 aliphatic heterocycles. The fraction of sp³-hybridized carbons (Fsp3) is 0.733. The molecular formula is C15H21Cl2N3O. The summed E-state index contributed by atoms with van der Waals surface area (Å²) < 4.78 is 1.44.